The molecule has 3 N–H and O–H groups in total. The average Bonchev–Trinajstić information content (AvgIpc) is 2.69. The van der Waals surface area contributed by atoms with Crippen LogP contribution in [0.2, 0.25) is 0 Å². The summed E-state index contributed by atoms with van der Waals surface area (Å²) >= 11 is 0. The molecule has 0 bridgehead atoms. The van der Waals surface area contributed by atoms with Crippen molar-refractivity contribution >= 4 is 17.4 Å². The lowest BCUT2D eigenvalue weighted by Gasteiger charge is -2.38. The highest BCUT2D eigenvalue weighted by molar-refractivity contribution is 6.04. The van der Waals surface area contributed by atoms with E-state index in [0.29, 0.717) is 17.8 Å². The summed E-state index contributed by atoms with van der Waals surface area (Å²) < 4.78 is 1.52. The van der Waals surface area contributed by atoms with Crippen molar-refractivity contribution in [2.24, 2.45) is 5.41 Å². The Hall–Kier alpha value is -2.11. The zero-order valence-corrected chi connectivity index (χ0v) is 10.9. The Morgan fingerprint density at radius 2 is 2.37 bits per heavy atom. The van der Waals surface area contributed by atoms with Crippen LogP contribution in [0.25, 0.3) is 5.65 Å². The van der Waals surface area contributed by atoms with Crippen LogP contribution in [0.3, 0.4) is 0 Å². The molecular formula is C13H17N5O. The topological polar surface area (TPSA) is 85.3 Å². The summed E-state index contributed by atoms with van der Waals surface area (Å²) in [6.07, 6.45) is 6.92. The van der Waals surface area contributed by atoms with E-state index in [-0.39, 0.29) is 17.1 Å². The van der Waals surface area contributed by atoms with Gasteiger partial charge in [0.15, 0.2) is 11.5 Å². The maximum atomic E-state index is 12.2. The number of nitrogens with two attached hydrogens (primary N) is 1. The second-order valence-corrected chi connectivity index (χ2v) is 5.49. The van der Waals surface area contributed by atoms with Crippen LogP contribution in [0.5, 0.6) is 0 Å². The largest absolute Gasteiger partial charge is 0.381 e. The first-order valence-electron chi connectivity index (χ1n) is 6.46. The minimum atomic E-state index is -0.195. The molecule has 2 aromatic rings. The number of hydrogen-bond donors (Lipinski definition) is 2. The van der Waals surface area contributed by atoms with Gasteiger partial charge in [-0.2, -0.15) is 0 Å². The second-order valence-electron chi connectivity index (χ2n) is 5.49. The monoisotopic (exact) mass is 259 g/mol. The minimum Gasteiger partial charge on any atom is -0.381 e. The quantitative estimate of drug-likeness (QED) is 0.868. The van der Waals surface area contributed by atoms with Crippen LogP contribution >= 0.6 is 0 Å². The molecule has 1 fully saturated rings. The third kappa shape index (κ3) is 2.03. The molecular weight excluding hydrogens is 242 g/mol. The molecule has 19 heavy (non-hydrogen) atoms. The zero-order valence-electron chi connectivity index (χ0n) is 10.9. The van der Waals surface area contributed by atoms with Crippen LogP contribution in [0.15, 0.2) is 18.5 Å². The molecule has 0 saturated heterocycles. The number of fused-ring (bicyclic) bond motifs is 1. The lowest BCUT2D eigenvalue weighted by atomic mass is 9.70. The van der Waals surface area contributed by atoms with Gasteiger partial charge in [-0.05, 0) is 24.3 Å². The van der Waals surface area contributed by atoms with E-state index in [1.165, 1.54) is 10.9 Å². The maximum absolute atomic E-state index is 12.2. The summed E-state index contributed by atoms with van der Waals surface area (Å²) in [5, 5.41) is 7.03. The van der Waals surface area contributed by atoms with E-state index in [1.807, 2.05) is 0 Å². The highest BCUT2D eigenvalue weighted by Crippen LogP contribution is 2.39. The SMILES string of the molecule is CC1(CNC(=O)c2c(N)nn3cccnc23)CCC1. The van der Waals surface area contributed by atoms with Crippen molar-refractivity contribution in [3.63, 3.8) is 0 Å². The highest BCUT2D eigenvalue weighted by atomic mass is 16.1. The van der Waals surface area contributed by atoms with Gasteiger partial charge in [0.25, 0.3) is 5.91 Å². The van der Waals surface area contributed by atoms with Gasteiger partial charge in [0, 0.05) is 18.9 Å². The normalized spacial score (nSPS) is 17.1. The number of anilines is 1. The number of nitrogens with zero attached hydrogens (tertiary/aromatic N) is 3. The number of nitrogen functional groups attached to an aromatic ring is 1. The Kier molecular flexibility index (Phi) is 2.66. The predicted molar refractivity (Wildman–Crippen MR) is 71.7 cm³/mol. The smallest absolute Gasteiger partial charge is 0.258 e. The molecule has 0 radical (unpaired) electrons. The average molecular weight is 259 g/mol. The third-order valence-electron chi connectivity index (χ3n) is 3.89. The van der Waals surface area contributed by atoms with Crippen LogP contribution in [0.1, 0.15) is 36.5 Å². The molecule has 6 heteroatoms. The number of carbonyl (C=O) groups is 1. The van der Waals surface area contributed by atoms with Crippen LogP contribution < -0.4 is 11.1 Å². The fourth-order valence-corrected chi connectivity index (χ4v) is 2.46. The van der Waals surface area contributed by atoms with E-state index in [2.05, 4.69) is 22.3 Å². The van der Waals surface area contributed by atoms with E-state index in [1.54, 1.807) is 18.5 Å². The summed E-state index contributed by atoms with van der Waals surface area (Å²) in [6.45, 7) is 2.87. The Bertz CT molecular complexity index is 629. The van der Waals surface area contributed by atoms with Crippen molar-refractivity contribution in [2.75, 3.05) is 12.3 Å². The van der Waals surface area contributed by atoms with Crippen molar-refractivity contribution < 1.29 is 4.79 Å². The van der Waals surface area contributed by atoms with Gasteiger partial charge in [-0.25, -0.2) is 9.50 Å². The standard InChI is InChI=1S/C13H17N5O/c1-13(4-2-5-13)8-16-12(19)9-10(14)17-18-7-3-6-15-11(9)18/h3,6-7H,2,4-5,8H2,1H3,(H2,14,17)(H,16,19). The molecule has 6 nitrogen and oxygen atoms in total. The van der Waals surface area contributed by atoms with Crippen molar-refractivity contribution in [3.8, 4) is 0 Å². The lowest BCUT2D eigenvalue weighted by Crippen LogP contribution is -2.40. The fourth-order valence-electron chi connectivity index (χ4n) is 2.46. The predicted octanol–water partition coefficient (Wildman–Crippen LogP) is 1.23. The van der Waals surface area contributed by atoms with E-state index in [9.17, 15) is 4.79 Å². The first kappa shape index (κ1) is 12.0. The van der Waals surface area contributed by atoms with Gasteiger partial charge in [-0.15, -0.1) is 5.10 Å². The number of hydrogen-bond acceptors (Lipinski definition) is 4. The summed E-state index contributed by atoms with van der Waals surface area (Å²) in [7, 11) is 0. The molecule has 2 heterocycles. The number of carbonyl (C=O) groups excluding carboxylic acids is 1. The highest BCUT2D eigenvalue weighted by Gasteiger charge is 2.32. The van der Waals surface area contributed by atoms with Crippen LogP contribution in [-0.2, 0) is 0 Å². The fraction of sp³-hybridized carbons (Fsp3) is 0.462. The summed E-state index contributed by atoms with van der Waals surface area (Å²) in [4.78, 5) is 16.4. The van der Waals surface area contributed by atoms with Gasteiger partial charge >= 0.3 is 0 Å². The van der Waals surface area contributed by atoms with Crippen LogP contribution in [0.4, 0.5) is 5.82 Å². The molecule has 0 aliphatic heterocycles. The second kappa shape index (κ2) is 4.22. The summed E-state index contributed by atoms with van der Waals surface area (Å²) in [5.41, 5.74) is 6.91. The summed E-state index contributed by atoms with van der Waals surface area (Å²) in [6, 6.07) is 1.75. The molecule has 1 aliphatic carbocycles. The number of nitrogens with one attached hydrogen (secondary N) is 1. The van der Waals surface area contributed by atoms with E-state index < -0.39 is 0 Å². The van der Waals surface area contributed by atoms with Gasteiger partial charge in [0.1, 0.15) is 5.56 Å². The third-order valence-corrected chi connectivity index (χ3v) is 3.89. The van der Waals surface area contributed by atoms with Crippen LogP contribution in [0, 0.1) is 5.41 Å². The molecule has 0 spiro atoms. The van der Waals surface area contributed by atoms with Gasteiger partial charge in [-0.1, -0.05) is 13.3 Å². The molecule has 0 unspecified atom stereocenters. The van der Waals surface area contributed by atoms with Crippen molar-refractivity contribution in [3.05, 3.63) is 24.0 Å². The minimum absolute atomic E-state index is 0.195. The Morgan fingerprint density at radius 3 is 3.05 bits per heavy atom. The molecule has 0 aromatic carbocycles. The Balaban J connectivity index is 1.83. The number of amides is 1. The molecule has 0 atom stereocenters. The van der Waals surface area contributed by atoms with Crippen molar-refractivity contribution in [2.45, 2.75) is 26.2 Å². The number of rotatable bonds is 3. The van der Waals surface area contributed by atoms with E-state index >= 15 is 0 Å². The van der Waals surface area contributed by atoms with E-state index in [0.717, 1.165) is 12.8 Å². The molecule has 1 aliphatic rings. The van der Waals surface area contributed by atoms with Gasteiger partial charge in [0.05, 0.1) is 0 Å². The molecule has 2 aromatic heterocycles. The van der Waals surface area contributed by atoms with Crippen LogP contribution in [-0.4, -0.2) is 27.0 Å². The Labute approximate surface area is 111 Å². The molecule has 100 valence electrons. The first-order valence-corrected chi connectivity index (χ1v) is 6.46. The van der Waals surface area contributed by atoms with E-state index in [4.69, 9.17) is 5.73 Å². The van der Waals surface area contributed by atoms with Gasteiger partial charge < -0.3 is 11.1 Å². The maximum Gasteiger partial charge on any atom is 0.258 e. The van der Waals surface area contributed by atoms with Gasteiger partial charge in [-0.3, -0.25) is 4.79 Å². The molecule has 1 amide bonds. The lowest BCUT2D eigenvalue weighted by molar-refractivity contribution is 0.0893. The molecule has 1 saturated carbocycles. The van der Waals surface area contributed by atoms with Gasteiger partial charge in [0.2, 0.25) is 0 Å². The first-order chi connectivity index (χ1) is 9.09. The number of aromatic nitrogens is 3. The zero-order chi connectivity index (χ0) is 13.5. The van der Waals surface area contributed by atoms with Crippen molar-refractivity contribution in [1.82, 2.24) is 19.9 Å². The Morgan fingerprint density at radius 1 is 1.58 bits per heavy atom. The van der Waals surface area contributed by atoms with Crippen molar-refractivity contribution in [1.29, 1.82) is 0 Å². The molecule has 3 rings (SSSR count). The summed E-state index contributed by atoms with van der Waals surface area (Å²) in [5.74, 6) is 0.0225.